The zero-order valence-electron chi connectivity index (χ0n) is 13.9. The summed E-state index contributed by atoms with van der Waals surface area (Å²) in [5, 5.41) is 34.0. The largest absolute Gasteiger partial charge is 0.472 e. The summed E-state index contributed by atoms with van der Waals surface area (Å²) in [6.45, 7) is 0. The number of hydrogen-bond acceptors (Lipinski definition) is 7. The van der Waals surface area contributed by atoms with Crippen LogP contribution in [0.15, 0.2) is 53.3 Å². The molecule has 0 radical (unpaired) electrons. The molecule has 0 unspecified atom stereocenters. The van der Waals surface area contributed by atoms with Crippen molar-refractivity contribution in [2.75, 3.05) is 0 Å². The second-order valence-corrected chi connectivity index (χ2v) is 6.00. The lowest BCUT2D eigenvalue weighted by Gasteiger charge is -2.03. The molecule has 1 aromatic heterocycles. The predicted octanol–water partition coefficient (Wildman–Crippen LogP) is 4.57. The van der Waals surface area contributed by atoms with Crippen LogP contribution in [0, 0.1) is 30.3 Å². The molecule has 0 amide bonds. The summed E-state index contributed by atoms with van der Waals surface area (Å²) in [5.41, 5.74) is 1.18. The van der Waals surface area contributed by atoms with Crippen molar-refractivity contribution in [3.8, 4) is 11.1 Å². The topological polar surface area (TPSA) is 143 Å². The number of furan rings is 1. The zero-order valence-corrected chi connectivity index (χ0v) is 13.9. The monoisotopic (exact) mass is 379 g/mol. The number of rotatable bonds is 4. The van der Waals surface area contributed by atoms with Crippen LogP contribution in [0.5, 0.6) is 0 Å². The van der Waals surface area contributed by atoms with Gasteiger partial charge in [-0.1, -0.05) is 0 Å². The molecule has 0 saturated heterocycles. The van der Waals surface area contributed by atoms with Crippen LogP contribution in [0.25, 0.3) is 22.8 Å². The van der Waals surface area contributed by atoms with E-state index >= 15 is 0 Å². The van der Waals surface area contributed by atoms with Gasteiger partial charge in [0.2, 0.25) is 0 Å². The van der Waals surface area contributed by atoms with Crippen molar-refractivity contribution >= 4 is 28.7 Å². The average Bonchev–Trinajstić information content (AvgIpc) is 3.27. The van der Waals surface area contributed by atoms with Gasteiger partial charge in [0.15, 0.2) is 0 Å². The Morgan fingerprint density at radius 2 is 1.50 bits per heavy atom. The summed E-state index contributed by atoms with van der Waals surface area (Å²) in [6.07, 6.45) is 4.46. The first-order valence-corrected chi connectivity index (χ1v) is 7.87. The lowest BCUT2D eigenvalue weighted by Crippen LogP contribution is -1.96. The van der Waals surface area contributed by atoms with E-state index in [9.17, 15) is 30.3 Å². The summed E-state index contributed by atoms with van der Waals surface area (Å²) in [5.74, 6) is 0. The molecule has 28 heavy (non-hydrogen) atoms. The van der Waals surface area contributed by atoms with Crippen LogP contribution in [0.2, 0.25) is 0 Å². The van der Waals surface area contributed by atoms with Gasteiger partial charge < -0.3 is 4.42 Å². The summed E-state index contributed by atoms with van der Waals surface area (Å²) < 4.78 is 5.02. The third-order valence-corrected chi connectivity index (χ3v) is 4.43. The Morgan fingerprint density at radius 3 is 2.11 bits per heavy atom. The number of hydrogen-bond donors (Lipinski definition) is 0. The van der Waals surface area contributed by atoms with Crippen molar-refractivity contribution in [1.29, 1.82) is 0 Å². The number of fused-ring (bicyclic) bond motifs is 3. The minimum absolute atomic E-state index is 0.190. The van der Waals surface area contributed by atoms with Crippen molar-refractivity contribution in [3.05, 3.63) is 96.0 Å². The highest BCUT2D eigenvalue weighted by atomic mass is 16.6. The van der Waals surface area contributed by atoms with Crippen LogP contribution in [0.3, 0.4) is 0 Å². The molecule has 138 valence electrons. The maximum atomic E-state index is 11.6. The average molecular weight is 379 g/mol. The predicted molar refractivity (Wildman–Crippen MR) is 97.5 cm³/mol. The Hall–Kier alpha value is -4.34. The fraction of sp³-hybridized carbons (Fsp3) is 0. The second kappa shape index (κ2) is 6.13. The quantitative estimate of drug-likeness (QED) is 0.373. The van der Waals surface area contributed by atoms with Crippen LogP contribution in [-0.4, -0.2) is 14.8 Å². The molecule has 0 bridgehead atoms. The maximum Gasteiger partial charge on any atom is 0.284 e. The Bertz CT molecular complexity index is 1200. The van der Waals surface area contributed by atoms with Crippen LogP contribution in [-0.2, 0) is 0 Å². The normalized spacial score (nSPS) is 13.2. The third kappa shape index (κ3) is 2.60. The van der Waals surface area contributed by atoms with Crippen LogP contribution >= 0.6 is 0 Å². The lowest BCUT2D eigenvalue weighted by molar-refractivity contribution is -0.393. The van der Waals surface area contributed by atoms with Crippen LogP contribution in [0.4, 0.5) is 17.1 Å². The summed E-state index contributed by atoms with van der Waals surface area (Å²) in [6, 6.07) is 7.73. The minimum atomic E-state index is -0.714. The molecule has 4 rings (SSSR count). The summed E-state index contributed by atoms with van der Waals surface area (Å²) in [4.78, 5) is 32.1. The van der Waals surface area contributed by atoms with Crippen molar-refractivity contribution in [1.82, 2.24) is 0 Å². The van der Waals surface area contributed by atoms with Gasteiger partial charge in [-0.25, -0.2) is 0 Å². The molecular formula is C18H9N3O7. The van der Waals surface area contributed by atoms with Gasteiger partial charge in [0.05, 0.1) is 38.9 Å². The highest BCUT2D eigenvalue weighted by Gasteiger charge is 2.34. The third-order valence-electron chi connectivity index (χ3n) is 4.43. The Morgan fingerprint density at radius 1 is 0.786 bits per heavy atom. The smallest absolute Gasteiger partial charge is 0.284 e. The molecule has 0 atom stereocenters. The van der Waals surface area contributed by atoms with Gasteiger partial charge >= 0.3 is 0 Å². The molecule has 0 fully saturated rings. The molecule has 2 aromatic carbocycles. The zero-order chi connectivity index (χ0) is 20.0. The fourth-order valence-electron chi connectivity index (χ4n) is 3.27. The van der Waals surface area contributed by atoms with E-state index in [2.05, 4.69) is 0 Å². The van der Waals surface area contributed by atoms with Gasteiger partial charge in [-0.15, -0.1) is 0 Å². The van der Waals surface area contributed by atoms with Crippen molar-refractivity contribution in [2.24, 2.45) is 0 Å². The molecule has 10 heteroatoms. The van der Waals surface area contributed by atoms with Gasteiger partial charge in [-0.05, 0) is 34.9 Å². The first-order valence-electron chi connectivity index (χ1n) is 7.87. The molecule has 0 saturated carbocycles. The first-order chi connectivity index (χ1) is 13.4. The summed E-state index contributed by atoms with van der Waals surface area (Å²) >= 11 is 0. The number of nitro benzene ring substituents is 3. The Kier molecular flexibility index (Phi) is 3.74. The first kappa shape index (κ1) is 17.1. The standard InChI is InChI=1S/C18H9N3O7/c22-19(23)11-1-2-13-15(6-11)14(5-10-3-4-28-9-10)16-7-12(20(24)25)8-17(18(13)16)21(26)27/h1-9H/b14-5-. The lowest BCUT2D eigenvalue weighted by atomic mass is 10.0. The van der Waals surface area contributed by atoms with Crippen molar-refractivity contribution < 1.29 is 19.2 Å². The highest BCUT2D eigenvalue weighted by molar-refractivity contribution is 6.09. The SMILES string of the molecule is O=[N+]([O-])c1ccc2c(c1)/C(=C/c1ccoc1)c1cc([N+](=O)[O-])cc([N+](=O)[O-])c1-2. The highest BCUT2D eigenvalue weighted by Crippen LogP contribution is 2.51. The van der Waals surface area contributed by atoms with Gasteiger partial charge in [-0.2, -0.15) is 0 Å². The fourth-order valence-corrected chi connectivity index (χ4v) is 3.27. The van der Waals surface area contributed by atoms with Crippen molar-refractivity contribution in [2.45, 2.75) is 0 Å². The number of nitro groups is 3. The molecule has 3 aromatic rings. The maximum absolute atomic E-state index is 11.6. The molecule has 1 aliphatic carbocycles. The van der Waals surface area contributed by atoms with Crippen LogP contribution < -0.4 is 0 Å². The van der Waals surface area contributed by atoms with E-state index in [4.69, 9.17) is 4.42 Å². The molecule has 0 spiro atoms. The van der Waals surface area contributed by atoms with Gasteiger partial charge in [0.1, 0.15) is 0 Å². The van der Waals surface area contributed by atoms with Gasteiger partial charge in [0, 0.05) is 29.3 Å². The molecule has 0 N–H and O–H groups in total. The molecular weight excluding hydrogens is 370 g/mol. The number of benzene rings is 2. The number of nitrogens with zero attached hydrogens (tertiary/aromatic N) is 3. The van der Waals surface area contributed by atoms with E-state index in [1.54, 1.807) is 12.1 Å². The molecule has 1 aliphatic rings. The Balaban J connectivity index is 2.09. The van der Waals surface area contributed by atoms with E-state index in [0.717, 1.165) is 6.07 Å². The van der Waals surface area contributed by atoms with Crippen molar-refractivity contribution in [3.63, 3.8) is 0 Å². The molecule has 10 nitrogen and oxygen atoms in total. The second-order valence-electron chi connectivity index (χ2n) is 6.00. The molecule has 0 aliphatic heterocycles. The summed E-state index contributed by atoms with van der Waals surface area (Å²) in [7, 11) is 0. The van der Waals surface area contributed by atoms with Crippen LogP contribution in [0.1, 0.15) is 16.7 Å². The van der Waals surface area contributed by atoms with E-state index in [1.165, 1.54) is 36.8 Å². The van der Waals surface area contributed by atoms with E-state index in [-0.39, 0.29) is 16.8 Å². The number of non-ortho nitro benzene ring substituents is 2. The van der Waals surface area contributed by atoms with E-state index in [1.807, 2.05) is 0 Å². The van der Waals surface area contributed by atoms with Gasteiger partial charge in [-0.3, -0.25) is 30.3 Å². The van der Waals surface area contributed by atoms with E-state index in [0.29, 0.717) is 22.3 Å². The Labute approximate surface area is 155 Å². The minimum Gasteiger partial charge on any atom is -0.472 e. The van der Waals surface area contributed by atoms with E-state index < -0.39 is 26.1 Å². The molecule has 1 heterocycles. The van der Waals surface area contributed by atoms with Gasteiger partial charge in [0.25, 0.3) is 17.1 Å².